The van der Waals surface area contributed by atoms with Gasteiger partial charge in [0.15, 0.2) is 0 Å². The van der Waals surface area contributed by atoms with Crippen LogP contribution in [-0.2, 0) is 13.0 Å². The van der Waals surface area contributed by atoms with Crippen molar-refractivity contribution in [2.75, 3.05) is 0 Å². The lowest BCUT2D eigenvalue weighted by Gasteiger charge is -2.14. The van der Waals surface area contributed by atoms with Crippen molar-refractivity contribution in [1.29, 1.82) is 0 Å². The highest BCUT2D eigenvalue weighted by Crippen LogP contribution is 2.10. The summed E-state index contributed by atoms with van der Waals surface area (Å²) in [6, 6.07) is 11.3. The van der Waals surface area contributed by atoms with E-state index < -0.39 is 0 Å². The van der Waals surface area contributed by atoms with E-state index >= 15 is 0 Å². The summed E-state index contributed by atoms with van der Waals surface area (Å²) in [7, 11) is 0. The average molecular weight is 245 g/mol. The lowest BCUT2D eigenvalue weighted by atomic mass is 10.1. The number of hydrogen-bond acceptors (Lipinski definition) is 2. The van der Waals surface area contributed by atoms with E-state index in [-0.39, 0.29) is 0 Å². The van der Waals surface area contributed by atoms with Crippen LogP contribution in [0.15, 0.2) is 41.1 Å². The third kappa shape index (κ3) is 3.69. The molecule has 0 amide bonds. The SMILES string of the molecule is Cc1ccccc1CNC(C)Cc1ccsc1. The fourth-order valence-electron chi connectivity index (χ4n) is 1.93. The summed E-state index contributed by atoms with van der Waals surface area (Å²) >= 11 is 1.77. The highest BCUT2D eigenvalue weighted by Gasteiger charge is 2.04. The molecule has 0 fully saturated rings. The first-order chi connectivity index (χ1) is 8.25. The molecule has 1 atom stereocenters. The monoisotopic (exact) mass is 245 g/mol. The summed E-state index contributed by atoms with van der Waals surface area (Å²) in [5, 5.41) is 7.95. The van der Waals surface area contributed by atoms with Crippen molar-refractivity contribution >= 4 is 11.3 Å². The van der Waals surface area contributed by atoms with Gasteiger partial charge in [0.05, 0.1) is 0 Å². The predicted octanol–water partition coefficient (Wildman–Crippen LogP) is 3.78. The lowest BCUT2D eigenvalue weighted by Crippen LogP contribution is -2.27. The second-order valence-electron chi connectivity index (χ2n) is 4.54. The fraction of sp³-hybridized carbons (Fsp3) is 0.333. The van der Waals surface area contributed by atoms with Gasteiger partial charge in [-0.25, -0.2) is 0 Å². The summed E-state index contributed by atoms with van der Waals surface area (Å²) in [6.45, 7) is 5.37. The van der Waals surface area contributed by atoms with E-state index in [2.05, 4.69) is 60.3 Å². The highest BCUT2D eigenvalue weighted by molar-refractivity contribution is 7.07. The van der Waals surface area contributed by atoms with Gasteiger partial charge < -0.3 is 5.32 Å². The van der Waals surface area contributed by atoms with Crippen LogP contribution in [0.3, 0.4) is 0 Å². The standard InChI is InChI=1S/C15H19NS/c1-12-5-3-4-6-15(12)10-16-13(2)9-14-7-8-17-11-14/h3-8,11,13,16H,9-10H2,1-2H3. The molecule has 1 aromatic heterocycles. The summed E-state index contributed by atoms with van der Waals surface area (Å²) in [5.41, 5.74) is 4.19. The zero-order valence-electron chi connectivity index (χ0n) is 10.4. The molecule has 0 saturated heterocycles. The van der Waals surface area contributed by atoms with Gasteiger partial charge in [0.2, 0.25) is 0 Å². The first-order valence-electron chi connectivity index (χ1n) is 6.04. The van der Waals surface area contributed by atoms with Crippen LogP contribution in [0.1, 0.15) is 23.6 Å². The average Bonchev–Trinajstić information content (AvgIpc) is 2.81. The molecule has 0 saturated carbocycles. The van der Waals surface area contributed by atoms with Crippen LogP contribution in [0.25, 0.3) is 0 Å². The molecule has 17 heavy (non-hydrogen) atoms. The maximum Gasteiger partial charge on any atom is 0.0210 e. The Morgan fingerprint density at radius 2 is 2.06 bits per heavy atom. The van der Waals surface area contributed by atoms with Crippen molar-refractivity contribution in [1.82, 2.24) is 5.32 Å². The Balaban J connectivity index is 1.84. The fourth-order valence-corrected chi connectivity index (χ4v) is 2.61. The van der Waals surface area contributed by atoms with E-state index in [0.29, 0.717) is 6.04 Å². The molecule has 1 heterocycles. The summed E-state index contributed by atoms with van der Waals surface area (Å²) < 4.78 is 0. The van der Waals surface area contributed by atoms with Gasteiger partial charge in [0, 0.05) is 12.6 Å². The van der Waals surface area contributed by atoms with Crippen LogP contribution in [0.2, 0.25) is 0 Å². The molecule has 2 heteroatoms. The minimum atomic E-state index is 0.518. The molecule has 0 bridgehead atoms. The first-order valence-corrected chi connectivity index (χ1v) is 6.99. The largest absolute Gasteiger partial charge is 0.310 e. The molecule has 0 aliphatic heterocycles. The van der Waals surface area contributed by atoms with Crippen LogP contribution < -0.4 is 5.32 Å². The second kappa shape index (κ2) is 5.99. The molecule has 1 N–H and O–H groups in total. The van der Waals surface area contributed by atoms with E-state index in [0.717, 1.165) is 13.0 Å². The van der Waals surface area contributed by atoms with Gasteiger partial charge in [0.25, 0.3) is 0 Å². The molecular formula is C15H19NS. The molecule has 2 aromatic rings. The Morgan fingerprint density at radius 3 is 2.76 bits per heavy atom. The van der Waals surface area contributed by atoms with Gasteiger partial charge in [-0.1, -0.05) is 24.3 Å². The Morgan fingerprint density at radius 1 is 1.24 bits per heavy atom. The van der Waals surface area contributed by atoms with Gasteiger partial charge >= 0.3 is 0 Å². The molecule has 1 aromatic carbocycles. The highest BCUT2D eigenvalue weighted by atomic mass is 32.1. The van der Waals surface area contributed by atoms with Gasteiger partial charge in [0.1, 0.15) is 0 Å². The van der Waals surface area contributed by atoms with Crippen LogP contribution in [-0.4, -0.2) is 6.04 Å². The van der Waals surface area contributed by atoms with Crippen molar-refractivity contribution in [2.45, 2.75) is 32.9 Å². The van der Waals surface area contributed by atoms with Gasteiger partial charge in [-0.05, 0) is 53.8 Å². The molecule has 0 aliphatic carbocycles. The van der Waals surface area contributed by atoms with Gasteiger partial charge in [-0.2, -0.15) is 11.3 Å². The van der Waals surface area contributed by atoms with Crippen molar-refractivity contribution in [3.63, 3.8) is 0 Å². The Labute approximate surface area is 108 Å². The number of aryl methyl sites for hydroxylation is 1. The summed E-state index contributed by atoms with van der Waals surface area (Å²) in [6.07, 6.45) is 1.11. The summed E-state index contributed by atoms with van der Waals surface area (Å²) in [4.78, 5) is 0. The van der Waals surface area contributed by atoms with Crippen molar-refractivity contribution in [3.8, 4) is 0 Å². The molecule has 0 aliphatic rings. The van der Waals surface area contributed by atoms with Crippen LogP contribution in [0.4, 0.5) is 0 Å². The van der Waals surface area contributed by atoms with Crippen molar-refractivity contribution in [2.24, 2.45) is 0 Å². The zero-order valence-corrected chi connectivity index (χ0v) is 11.3. The zero-order chi connectivity index (χ0) is 12.1. The third-order valence-electron chi connectivity index (χ3n) is 3.02. The number of nitrogens with one attached hydrogen (secondary N) is 1. The second-order valence-corrected chi connectivity index (χ2v) is 5.32. The van der Waals surface area contributed by atoms with Crippen LogP contribution in [0.5, 0.6) is 0 Å². The quantitative estimate of drug-likeness (QED) is 0.845. The number of hydrogen-bond donors (Lipinski definition) is 1. The lowest BCUT2D eigenvalue weighted by molar-refractivity contribution is 0.545. The Bertz CT molecular complexity index is 448. The van der Waals surface area contributed by atoms with E-state index in [1.807, 2.05) is 0 Å². The maximum absolute atomic E-state index is 3.58. The third-order valence-corrected chi connectivity index (χ3v) is 3.76. The molecule has 2 rings (SSSR count). The summed E-state index contributed by atoms with van der Waals surface area (Å²) in [5.74, 6) is 0. The number of thiophene rings is 1. The number of rotatable bonds is 5. The van der Waals surface area contributed by atoms with Crippen molar-refractivity contribution in [3.05, 3.63) is 57.8 Å². The normalized spacial score (nSPS) is 12.6. The Kier molecular flexibility index (Phi) is 4.35. The maximum atomic E-state index is 3.58. The van der Waals surface area contributed by atoms with Crippen LogP contribution in [0, 0.1) is 6.92 Å². The smallest absolute Gasteiger partial charge is 0.0210 e. The Hall–Kier alpha value is -1.12. The van der Waals surface area contributed by atoms with E-state index in [9.17, 15) is 0 Å². The van der Waals surface area contributed by atoms with E-state index in [4.69, 9.17) is 0 Å². The molecule has 90 valence electrons. The molecule has 0 radical (unpaired) electrons. The van der Waals surface area contributed by atoms with Gasteiger partial charge in [-0.15, -0.1) is 0 Å². The van der Waals surface area contributed by atoms with E-state index in [1.54, 1.807) is 11.3 Å². The molecule has 1 nitrogen and oxygen atoms in total. The van der Waals surface area contributed by atoms with Crippen LogP contribution >= 0.6 is 11.3 Å². The number of benzene rings is 1. The molecule has 1 unspecified atom stereocenters. The predicted molar refractivity (Wildman–Crippen MR) is 75.5 cm³/mol. The molecular weight excluding hydrogens is 226 g/mol. The van der Waals surface area contributed by atoms with Crippen molar-refractivity contribution < 1.29 is 0 Å². The minimum absolute atomic E-state index is 0.518. The first kappa shape index (κ1) is 12.3. The van der Waals surface area contributed by atoms with E-state index in [1.165, 1.54) is 16.7 Å². The molecule has 0 spiro atoms. The van der Waals surface area contributed by atoms with Gasteiger partial charge in [-0.3, -0.25) is 0 Å². The topological polar surface area (TPSA) is 12.0 Å². The minimum Gasteiger partial charge on any atom is -0.310 e.